The topological polar surface area (TPSA) is 15.6 Å². The second kappa shape index (κ2) is 5.03. The Labute approximate surface area is 108 Å². The highest BCUT2D eigenvalue weighted by Crippen LogP contribution is 2.34. The van der Waals surface area contributed by atoms with Gasteiger partial charge in [-0.15, -0.1) is 0 Å². The average Bonchev–Trinajstić information content (AvgIpc) is 2.33. The quantitative estimate of drug-likeness (QED) is 0.751. The Bertz CT molecular complexity index is 532. The summed E-state index contributed by atoms with van der Waals surface area (Å²) in [5, 5.41) is 0. The zero-order valence-electron chi connectivity index (χ0n) is 10.2. The van der Waals surface area contributed by atoms with Crippen molar-refractivity contribution in [3.63, 3.8) is 0 Å². The Morgan fingerprint density at radius 3 is 2.68 bits per heavy atom. The number of alkyl halides is 3. The van der Waals surface area contributed by atoms with Gasteiger partial charge in [-0.1, -0.05) is 6.07 Å². The van der Waals surface area contributed by atoms with Gasteiger partial charge in [0.2, 0.25) is 0 Å². The Morgan fingerprint density at radius 2 is 2.05 bits per heavy atom. The molecule has 0 unspecified atom stereocenters. The fourth-order valence-corrected chi connectivity index (χ4v) is 1.87. The van der Waals surface area contributed by atoms with Crippen molar-refractivity contribution >= 4 is 6.21 Å². The van der Waals surface area contributed by atoms with E-state index in [1.54, 1.807) is 24.1 Å². The summed E-state index contributed by atoms with van der Waals surface area (Å²) >= 11 is 0. The fourth-order valence-electron chi connectivity index (χ4n) is 1.87. The summed E-state index contributed by atoms with van der Waals surface area (Å²) < 4.78 is 52.2. The molecule has 1 aromatic rings. The lowest BCUT2D eigenvalue weighted by molar-refractivity contribution is -0.138. The largest absolute Gasteiger partial charge is 0.416 e. The third-order valence-electron chi connectivity index (χ3n) is 2.95. The van der Waals surface area contributed by atoms with Gasteiger partial charge in [0.15, 0.2) is 0 Å². The summed E-state index contributed by atoms with van der Waals surface area (Å²) in [6, 6.07) is 3.00. The number of nitrogens with zero attached hydrogens (tertiary/aromatic N) is 2. The predicted octanol–water partition coefficient (Wildman–Crippen LogP) is 3.59. The Morgan fingerprint density at radius 1 is 1.32 bits per heavy atom. The molecule has 0 bridgehead atoms. The second-order valence-corrected chi connectivity index (χ2v) is 4.24. The van der Waals surface area contributed by atoms with E-state index in [2.05, 4.69) is 4.99 Å². The van der Waals surface area contributed by atoms with Crippen molar-refractivity contribution in [2.45, 2.75) is 19.6 Å². The number of halogens is 4. The van der Waals surface area contributed by atoms with Crippen LogP contribution in [0.3, 0.4) is 0 Å². The molecule has 19 heavy (non-hydrogen) atoms. The van der Waals surface area contributed by atoms with Crippen LogP contribution in [0.5, 0.6) is 0 Å². The molecule has 0 saturated heterocycles. The summed E-state index contributed by atoms with van der Waals surface area (Å²) in [4.78, 5) is 5.54. The Hall–Kier alpha value is -1.85. The molecule has 0 radical (unpaired) electrons. The lowest BCUT2D eigenvalue weighted by Gasteiger charge is -2.27. The van der Waals surface area contributed by atoms with Gasteiger partial charge in [-0.2, -0.15) is 13.2 Å². The molecule has 0 aromatic heterocycles. The predicted molar refractivity (Wildman–Crippen MR) is 64.1 cm³/mol. The lowest BCUT2D eigenvalue weighted by atomic mass is 10.1. The number of hydrogen-bond acceptors (Lipinski definition) is 2. The third kappa shape index (κ3) is 2.94. The van der Waals surface area contributed by atoms with E-state index in [0.717, 1.165) is 23.9 Å². The van der Waals surface area contributed by atoms with Crippen LogP contribution in [0.1, 0.15) is 18.1 Å². The van der Waals surface area contributed by atoms with Gasteiger partial charge >= 0.3 is 6.18 Å². The minimum Gasteiger partial charge on any atom is -0.351 e. The molecule has 0 saturated carbocycles. The van der Waals surface area contributed by atoms with Crippen LogP contribution in [-0.2, 0) is 12.7 Å². The van der Waals surface area contributed by atoms with Crippen molar-refractivity contribution in [3.8, 4) is 0 Å². The first-order valence-electron chi connectivity index (χ1n) is 5.66. The molecule has 0 spiro atoms. The highest BCUT2D eigenvalue weighted by atomic mass is 19.4. The summed E-state index contributed by atoms with van der Waals surface area (Å²) in [5.74, 6) is -0.850. The highest BCUT2D eigenvalue weighted by molar-refractivity contribution is 5.72. The van der Waals surface area contributed by atoms with Crippen molar-refractivity contribution in [2.24, 2.45) is 4.99 Å². The SMILES string of the molecule is CC1=CC=NCN1Cc1c(F)cccc1C(F)(F)F. The molecule has 1 aliphatic rings. The van der Waals surface area contributed by atoms with Gasteiger partial charge in [-0.3, -0.25) is 4.99 Å². The Kier molecular flexibility index (Phi) is 3.59. The van der Waals surface area contributed by atoms with Crippen LogP contribution >= 0.6 is 0 Å². The second-order valence-electron chi connectivity index (χ2n) is 4.24. The van der Waals surface area contributed by atoms with Crippen LogP contribution in [0, 0.1) is 5.82 Å². The van der Waals surface area contributed by atoms with Crippen LogP contribution in [0.2, 0.25) is 0 Å². The molecule has 0 atom stereocenters. The number of aliphatic imine (C=N–C) groups is 1. The first kappa shape index (κ1) is 13.6. The minimum atomic E-state index is -4.56. The molecule has 2 nitrogen and oxygen atoms in total. The van der Waals surface area contributed by atoms with Gasteiger partial charge in [-0.05, 0) is 25.1 Å². The molecule has 1 heterocycles. The van der Waals surface area contributed by atoms with Gasteiger partial charge in [0, 0.05) is 24.0 Å². The molecule has 0 fully saturated rings. The molecule has 102 valence electrons. The van der Waals surface area contributed by atoms with E-state index in [4.69, 9.17) is 0 Å². The molecule has 0 aliphatic carbocycles. The monoisotopic (exact) mass is 272 g/mol. The maximum Gasteiger partial charge on any atom is 0.416 e. The third-order valence-corrected chi connectivity index (χ3v) is 2.95. The van der Waals surface area contributed by atoms with E-state index >= 15 is 0 Å². The van der Waals surface area contributed by atoms with Crippen molar-refractivity contribution in [1.82, 2.24) is 4.90 Å². The summed E-state index contributed by atoms with van der Waals surface area (Å²) in [5.41, 5.74) is -0.527. The fraction of sp³-hybridized carbons (Fsp3) is 0.308. The standard InChI is InChI=1S/C13H12F4N2/c1-9-5-6-18-8-19(9)7-10-11(13(15,16)17)3-2-4-12(10)14/h2-6H,7-8H2,1H3. The molecule has 1 aliphatic heterocycles. The molecular formula is C13H12F4N2. The normalized spacial score (nSPS) is 15.6. The number of allylic oxidation sites excluding steroid dienone is 2. The van der Waals surface area contributed by atoms with Crippen molar-refractivity contribution < 1.29 is 17.6 Å². The average molecular weight is 272 g/mol. The van der Waals surface area contributed by atoms with Crippen LogP contribution in [0.25, 0.3) is 0 Å². The summed E-state index contributed by atoms with van der Waals surface area (Å²) in [6.07, 6.45) is -1.30. The molecule has 0 N–H and O–H groups in total. The van der Waals surface area contributed by atoms with E-state index in [-0.39, 0.29) is 18.8 Å². The van der Waals surface area contributed by atoms with Gasteiger partial charge in [-0.25, -0.2) is 4.39 Å². The molecular weight excluding hydrogens is 260 g/mol. The molecule has 6 heteroatoms. The van der Waals surface area contributed by atoms with E-state index in [1.165, 1.54) is 0 Å². The van der Waals surface area contributed by atoms with Crippen molar-refractivity contribution in [3.05, 3.63) is 46.9 Å². The van der Waals surface area contributed by atoms with Gasteiger partial charge in [0.05, 0.1) is 5.56 Å². The maximum atomic E-state index is 13.7. The van der Waals surface area contributed by atoms with Crippen LogP contribution in [-0.4, -0.2) is 17.8 Å². The smallest absolute Gasteiger partial charge is 0.351 e. The molecule has 2 rings (SSSR count). The summed E-state index contributed by atoms with van der Waals surface area (Å²) in [7, 11) is 0. The molecule has 1 aromatic carbocycles. The van der Waals surface area contributed by atoms with E-state index < -0.39 is 17.6 Å². The number of hydrogen-bond donors (Lipinski definition) is 0. The van der Waals surface area contributed by atoms with Crippen LogP contribution in [0.15, 0.2) is 35.0 Å². The van der Waals surface area contributed by atoms with Gasteiger partial charge in [0.1, 0.15) is 12.5 Å². The lowest BCUT2D eigenvalue weighted by Crippen LogP contribution is -2.26. The first-order chi connectivity index (χ1) is 8.89. The van der Waals surface area contributed by atoms with E-state index in [0.29, 0.717) is 0 Å². The maximum absolute atomic E-state index is 13.7. The Balaban J connectivity index is 2.35. The van der Waals surface area contributed by atoms with Gasteiger partial charge in [0.25, 0.3) is 0 Å². The van der Waals surface area contributed by atoms with Crippen LogP contribution in [0.4, 0.5) is 17.6 Å². The summed E-state index contributed by atoms with van der Waals surface area (Å²) in [6.45, 7) is 1.83. The minimum absolute atomic E-state index is 0.152. The highest BCUT2D eigenvalue weighted by Gasteiger charge is 2.34. The van der Waals surface area contributed by atoms with Crippen molar-refractivity contribution in [1.29, 1.82) is 0 Å². The van der Waals surface area contributed by atoms with E-state index in [9.17, 15) is 17.6 Å². The van der Waals surface area contributed by atoms with Crippen molar-refractivity contribution in [2.75, 3.05) is 6.67 Å². The number of benzene rings is 1. The van der Waals surface area contributed by atoms with E-state index in [1.807, 2.05) is 0 Å². The zero-order valence-corrected chi connectivity index (χ0v) is 10.2. The van der Waals surface area contributed by atoms with Gasteiger partial charge < -0.3 is 4.90 Å². The number of rotatable bonds is 2. The van der Waals surface area contributed by atoms with Crippen LogP contribution < -0.4 is 0 Å². The first-order valence-corrected chi connectivity index (χ1v) is 5.66. The zero-order chi connectivity index (χ0) is 14.0. The molecule has 0 amide bonds.